The highest BCUT2D eigenvalue weighted by atomic mass is 32.2. The van der Waals surface area contributed by atoms with E-state index in [9.17, 15) is 8.42 Å². The third-order valence-electron chi connectivity index (χ3n) is 3.88. The Bertz CT molecular complexity index is 596. The lowest BCUT2D eigenvalue weighted by Crippen LogP contribution is -2.42. The number of hydrogen-bond donors (Lipinski definition) is 1. The van der Waals surface area contributed by atoms with Gasteiger partial charge in [-0.2, -0.15) is 4.31 Å². The first-order valence-electron chi connectivity index (χ1n) is 6.73. The molecule has 1 saturated heterocycles. The minimum Gasteiger partial charge on any atom is -0.496 e. The van der Waals surface area contributed by atoms with E-state index in [2.05, 4.69) is 0 Å². The molecule has 0 unspecified atom stereocenters. The van der Waals surface area contributed by atoms with Crippen molar-refractivity contribution in [3.05, 3.63) is 23.8 Å². The molecule has 0 atom stereocenters. The first-order chi connectivity index (χ1) is 9.32. The first kappa shape index (κ1) is 15.3. The van der Waals surface area contributed by atoms with Crippen LogP contribution in [0.5, 0.6) is 5.75 Å². The zero-order chi connectivity index (χ0) is 15.0. The summed E-state index contributed by atoms with van der Waals surface area (Å²) in [7, 11) is -1.93. The van der Waals surface area contributed by atoms with Gasteiger partial charge in [0.05, 0.1) is 12.0 Å². The van der Waals surface area contributed by atoms with Gasteiger partial charge >= 0.3 is 0 Å². The fraction of sp³-hybridized carbons (Fsp3) is 0.571. The van der Waals surface area contributed by atoms with Gasteiger partial charge in [0.25, 0.3) is 0 Å². The van der Waals surface area contributed by atoms with Crippen molar-refractivity contribution in [2.75, 3.05) is 13.7 Å². The van der Waals surface area contributed by atoms with Gasteiger partial charge in [-0.15, -0.1) is 0 Å². The van der Waals surface area contributed by atoms with Crippen molar-refractivity contribution in [1.29, 1.82) is 0 Å². The van der Waals surface area contributed by atoms with Crippen LogP contribution in [0.4, 0.5) is 0 Å². The van der Waals surface area contributed by atoms with Crippen LogP contribution >= 0.6 is 0 Å². The molecule has 5 nitrogen and oxygen atoms in total. The lowest BCUT2D eigenvalue weighted by atomic mass is 10.0. The largest absolute Gasteiger partial charge is 0.496 e. The molecule has 2 rings (SSSR count). The number of hydrogen-bond acceptors (Lipinski definition) is 4. The van der Waals surface area contributed by atoms with E-state index in [0.717, 1.165) is 12.8 Å². The predicted octanol–water partition coefficient (Wildman–Crippen LogP) is 1.72. The summed E-state index contributed by atoms with van der Waals surface area (Å²) in [6, 6.07) is 4.86. The molecule has 0 saturated carbocycles. The number of ether oxygens (including phenoxy) is 1. The second kappa shape index (κ2) is 5.35. The molecule has 6 heteroatoms. The Morgan fingerprint density at radius 2 is 2.10 bits per heavy atom. The van der Waals surface area contributed by atoms with Crippen LogP contribution in [-0.2, 0) is 16.6 Å². The molecule has 1 aromatic carbocycles. The Kier molecular flexibility index (Phi) is 4.09. The van der Waals surface area contributed by atoms with E-state index in [-0.39, 0.29) is 17.0 Å². The average Bonchev–Trinajstić information content (AvgIpc) is 2.78. The zero-order valence-electron chi connectivity index (χ0n) is 12.2. The number of sulfonamides is 1. The molecule has 0 radical (unpaired) electrons. The topological polar surface area (TPSA) is 72.6 Å². The smallest absolute Gasteiger partial charge is 0.243 e. The molecular formula is C14H22N2O3S. The van der Waals surface area contributed by atoms with Crippen molar-refractivity contribution < 1.29 is 13.2 Å². The fourth-order valence-electron chi connectivity index (χ4n) is 2.73. The summed E-state index contributed by atoms with van der Waals surface area (Å²) in [6.07, 6.45) is 1.78. The van der Waals surface area contributed by atoms with E-state index in [1.807, 2.05) is 13.8 Å². The van der Waals surface area contributed by atoms with Crippen LogP contribution in [0.3, 0.4) is 0 Å². The van der Waals surface area contributed by atoms with Gasteiger partial charge in [0.2, 0.25) is 10.0 Å². The van der Waals surface area contributed by atoms with Crippen LogP contribution < -0.4 is 10.5 Å². The molecule has 0 amide bonds. The standard InChI is InChI=1S/C14H22N2O3S/c1-14(2)7-4-8-16(14)20(17,18)12-5-6-13(19-3)11(9-12)10-15/h5-6,9H,4,7-8,10,15H2,1-3H3. The predicted molar refractivity (Wildman–Crippen MR) is 78.1 cm³/mol. The van der Waals surface area contributed by atoms with Crippen molar-refractivity contribution in [3.8, 4) is 5.75 Å². The summed E-state index contributed by atoms with van der Waals surface area (Å²) in [5.41, 5.74) is 6.02. The summed E-state index contributed by atoms with van der Waals surface area (Å²) in [6.45, 7) is 4.74. The highest BCUT2D eigenvalue weighted by molar-refractivity contribution is 7.89. The molecule has 0 aromatic heterocycles. The summed E-state index contributed by atoms with van der Waals surface area (Å²) in [5, 5.41) is 0. The Morgan fingerprint density at radius 3 is 2.60 bits per heavy atom. The molecule has 2 N–H and O–H groups in total. The van der Waals surface area contributed by atoms with Gasteiger partial charge in [-0.1, -0.05) is 0 Å². The normalized spacial score (nSPS) is 19.2. The van der Waals surface area contributed by atoms with Gasteiger partial charge in [-0.3, -0.25) is 0 Å². The summed E-state index contributed by atoms with van der Waals surface area (Å²) in [5.74, 6) is 0.618. The van der Waals surface area contributed by atoms with Gasteiger partial charge in [0.15, 0.2) is 0 Å². The SMILES string of the molecule is COc1ccc(S(=O)(=O)N2CCCC2(C)C)cc1CN. The maximum absolute atomic E-state index is 12.8. The van der Waals surface area contributed by atoms with Crippen molar-refractivity contribution in [1.82, 2.24) is 4.31 Å². The summed E-state index contributed by atoms with van der Waals surface area (Å²) >= 11 is 0. The molecule has 1 aromatic rings. The van der Waals surface area contributed by atoms with Crippen LogP contribution in [-0.4, -0.2) is 31.9 Å². The van der Waals surface area contributed by atoms with Crippen LogP contribution in [0.1, 0.15) is 32.3 Å². The molecule has 0 spiro atoms. The molecule has 20 heavy (non-hydrogen) atoms. The quantitative estimate of drug-likeness (QED) is 0.918. The molecule has 1 heterocycles. The molecule has 0 aliphatic carbocycles. The van der Waals surface area contributed by atoms with E-state index < -0.39 is 10.0 Å². The third kappa shape index (κ3) is 2.55. The summed E-state index contributed by atoms with van der Waals surface area (Å²) in [4.78, 5) is 0.286. The highest BCUT2D eigenvalue weighted by Gasteiger charge is 2.40. The Labute approximate surface area is 120 Å². The van der Waals surface area contributed by atoms with Gasteiger partial charge < -0.3 is 10.5 Å². The fourth-order valence-corrected chi connectivity index (χ4v) is 4.63. The maximum Gasteiger partial charge on any atom is 0.243 e. The third-order valence-corrected chi connectivity index (χ3v) is 5.99. The molecule has 1 aliphatic rings. The number of rotatable bonds is 4. The van der Waals surface area contributed by atoms with Gasteiger partial charge in [0, 0.05) is 24.2 Å². The number of methoxy groups -OCH3 is 1. The van der Waals surface area contributed by atoms with Crippen LogP contribution in [0.25, 0.3) is 0 Å². The number of nitrogens with zero attached hydrogens (tertiary/aromatic N) is 1. The lowest BCUT2D eigenvalue weighted by Gasteiger charge is -2.30. The molecule has 0 bridgehead atoms. The van der Waals surface area contributed by atoms with Gasteiger partial charge in [0.1, 0.15) is 5.75 Å². The van der Waals surface area contributed by atoms with E-state index >= 15 is 0 Å². The second-order valence-electron chi connectivity index (χ2n) is 5.67. The van der Waals surface area contributed by atoms with Crippen LogP contribution in [0.2, 0.25) is 0 Å². The zero-order valence-corrected chi connectivity index (χ0v) is 13.0. The maximum atomic E-state index is 12.8. The van der Waals surface area contributed by atoms with E-state index in [1.165, 1.54) is 0 Å². The minimum absolute atomic E-state index is 0.246. The van der Waals surface area contributed by atoms with Crippen molar-refractivity contribution >= 4 is 10.0 Å². The number of benzene rings is 1. The Morgan fingerprint density at radius 1 is 1.40 bits per heavy atom. The first-order valence-corrected chi connectivity index (χ1v) is 8.17. The van der Waals surface area contributed by atoms with Gasteiger partial charge in [-0.05, 0) is 44.9 Å². The second-order valence-corrected chi connectivity index (χ2v) is 7.53. The number of nitrogens with two attached hydrogens (primary N) is 1. The minimum atomic E-state index is -3.48. The van der Waals surface area contributed by atoms with Crippen molar-refractivity contribution in [2.24, 2.45) is 5.73 Å². The molecule has 1 fully saturated rings. The van der Waals surface area contributed by atoms with E-state index in [4.69, 9.17) is 10.5 Å². The van der Waals surface area contributed by atoms with Gasteiger partial charge in [-0.25, -0.2) is 8.42 Å². The van der Waals surface area contributed by atoms with E-state index in [0.29, 0.717) is 17.9 Å². The molecule has 112 valence electrons. The van der Waals surface area contributed by atoms with Crippen molar-refractivity contribution in [3.63, 3.8) is 0 Å². The lowest BCUT2D eigenvalue weighted by molar-refractivity contribution is 0.291. The Hall–Kier alpha value is -1.11. The monoisotopic (exact) mass is 298 g/mol. The van der Waals surface area contributed by atoms with Crippen LogP contribution in [0, 0.1) is 0 Å². The molecular weight excluding hydrogens is 276 g/mol. The Balaban J connectivity index is 2.45. The van der Waals surface area contributed by atoms with Crippen LogP contribution in [0.15, 0.2) is 23.1 Å². The molecule has 1 aliphatic heterocycles. The average molecular weight is 298 g/mol. The highest BCUT2D eigenvalue weighted by Crippen LogP contribution is 2.34. The van der Waals surface area contributed by atoms with E-state index in [1.54, 1.807) is 29.6 Å². The van der Waals surface area contributed by atoms with Crippen molar-refractivity contribution in [2.45, 2.75) is 43.7 Å². The summed E-state index contributed by atoms with van der Waals surface area (Å²) < 4.78 is 32.3.